The third-order valence-corrected chi connectivity index (χ3v) is 15.0. The molecule has 0 radical (unpaired) electrons. The largest absolute Gasteiger partial charge is 0.466 e. The van der Waals surface area contributed by atoms with E-state index in [1.807, 2.05) is 6.08 Å². The summed E-state index contributed by atoms with van der Waals surface area (Å²) in [5, 5.41) is 23.2. The molecule has 0 aliphatic carbocycles. The standard InChI is InChI=1S/C65H125NO5/c1-3-5-7-9-11-13-15-17-19-30-33-37-41-45-49-53-57-63(68)62(61-67)66-64(69)58-54-50-46-42-38-34-31-28-26-24-22-20-21-23-25-27-29-32-36-40-44-48-52-56-60-71-65(70)59-55-51-47-43-39-35-18-16-14-12-10-8-6-4-2/h16,18,53,57,62-63,67-68H,3-15,17,19-52,54-56,58-61H2,1-2H3,(H,66,69)/b18-16-,57-53+. The first kappa shape index (κ1) is 69.3. The lowest BCUT2D eigenvalue weighted by atomic mass is 10.0. The predicted octanol–water partition coefficient (Wildman–Crippen LogP) is 20.2. The number of aliphatic hydroxyl groups excluding tert-OH is 2. The number of carbonyl (C=O) groups is 2. The Bertz CT molecular complexity index is 1110. The molecule has 0 saturated heterocycles. The molecule has 0 fully saturated rings. The lowest BCUT2D eigenvalue weighted by Crippen LogP contribution is -2.45. The Morgan fingerprint density at radius 3 is 1.00 bits per heavy atom. The Kier molecular flexibility index (Phi) is 59.5. The van der Waals surface area contributed by atoms with Gasteiger partial charge in [-0.3, -0.25) is 9.59 Å². The monoisotopic (exact) mass is 1000 g/mol. The fourth-order valence-electron chi connectivity index (χ4n) is 10.0. The van der Waals surface area contributed by atoms with Crippen LogP contribution in [0.2, 0.25) is 0 Å². The number of unbranched alkanes of at least 4 members (excludes halogenated alkanes) is 47. The normalized spacial score (nSPS) is 12.7. The molecule has 420 valence electrons. The zero-order valence-electron chi connectivity index (χ0n) is 48.0. The van der Waals surface area contributed by atoms with Crippen LogP contribution in [0.3, 0.4) is 0 Å². The van der Waals surface area contributed by atoms with Crippen LogP contribution in [0.5, 0.6) is 0 Å². The van der Waals surface area contributed by atoms with E-state index in [4.69, 9.17) is 4.74 Å². The van der Waals surface area contributed by atoms with E-state index in [9.17, 15) is 19.8 Å². The van der Waals surface area contributed by atoms with Gasteiger partial charge in [0.2, 0.25) is 5.91 Å². The van der Waals surface area contributed by atoms with Crippen LogP contribution in [-0.2, 0) is 14.3 Å². The average Bonchev–Trinajstić information content (AvgIpc) is 3.37. The first-order valence-electron chi connectivity index (χ1n) is 32.1. The van der Waals surface area contributed by atoms with Crippen molar-refractivity contribution in [3.05, 3.63) is 24.3 Å². The summed E-state index contributed by atoms with van der Waals surface area (Å²) in [5.74, 6) is -0.0578. The first-order chi connectivity index (χ1) is 35.0. The maximum atomic E-state index is 12.5. The number of esters is 1. The number of ether oxygens (including phenoxy) is 1. The van der Waals surface area contributed by atoms with E-state index in [0.29, 0.717) is 19.4 Å². The van der Waals surface area contributed by atoms with Crippen molar-refractivity contribution in [3.8, 4) is 0 Å². The van der Waals surface area contributed by atoms with Gasteiger partial charge in [0.25, 0.3) is 0 Å². The molecule has 0 rings (SSSR count). The second-order valence-electron chi connectivity index (χ2n) is 22.1. The number of carbonyl (C=O) groups excluding carboxylic acids is 2. The molecule has 0 bridgehead atoms. The van der Waals surface area contributed by atoms with Crippen molar-refractivity contribution in [1.82, 2.24) is 5.32 Å². The summed E-state index contributed by atoms with van der Waals surface area (Å²) in [5.41, 5.74) is 0. The summed E-state index contributed by atoms with van der Waals surface area (Å²) in [6.07, 6.45) is 75.1. The molecule has 6 nitrogen and oxygen atoms in total. The van der Waals surface area contributed by atoms with E-state index < -0.39 is 12.1 Å². The van der Waals surface area contributed by atoms with Gasteiger partial charge in [-0.2, -0.15) is 0 Å². The molecule has 0 aromatic carbocycles. The van der Waals surface area contributed by atoms with Gasteiger partial charge in [0.1, 0.15) is 0 Å². The summed E-state index contributed by atoms with van der Waals surface area (Å²) in [6, 6.07) is -0.627. The zero-order chi connectivity index (χ0) is 51.4. The highest BCUT2D eigenvalue weighted by Crippen LogP contribution is 2.18. The number of hydrogen-bond acceptors (Lipinski definition) is 5. The molecule has 0 aliphatic rings. The Labute approximate surface area is 443 Å². The van der Waals surface area contributed by atoms with Crippen molar-refractivity contribution in [2.45, 2.75) is 366 Å². The third kappa shape index (κ3) is 57.5. The third-order valence-electron chi connectivity index (χ3n) is 15.0. The van der Waals surface area contributed by atoms with Gasteiger partial charge in [-0.15, -0.1) is 0 Å². The quantitative estimate of drug-likeness (QED) is 0.0320. The predicted molar refractivity (Wildman–Crippen MR) is 310 cm³/mol. The topological polar surface area (TPSA) is 95.9 Å². The minimum absolute atomic E-state index is 0.00680. The van der Waals surface area contributed by atoms with E-state index in [-0.39, 0.29) is 18.5 Å². The molecular formula is C65H125NO5. The Morgan fingerprint density at radius 2 is 0.662 bits per heavy atom. The van der Waals surface area contributed by atoms with Gasteiger partial charge in [-0.25, -0.2) is 0 Å². The maximum Gasteiger partial charge on any atom is 0.305 e. The second-order valence-corrected chi connectivity index (χ2v) is 22.1. The van der Waals surface area contributed by atoms with Crippen LogP contribution in [0.4, 0.5) is 0 Å². The maximum absolute atomic E-state index is 12.5. The van der Waals surface area contributed by atoms with Crippen LogP contribution < -0.4 is 5.32 Å². The number of amides is 1. The second kappa shape index (κ2) is 60.9. The van der Waals surface area contributed by atoms with Gasteiger partial charge in [-0.05, 0) is 57.8 Å². The smallest absolute Gasteiger partial charge is 0.305 e. The van der Waals surface area contributed by atoms with E-state index in [0.717, 1.165) is 44.9 Å². The van der Waals surface area contributed by atoms with Crippen molar-refractivity contribution in [2.75, 3.05) is 13.2 Å². The Balaban J connectivity index is 3.39. The number of hydrogen-bond donors (Lipinski definition) is 3. The molecule has 71 heavy (non-hydrogen) atoms. The average molecular weight is 1000 g/mol. The van der Waals surface area contributed by atoms with E-state index in [1.165, 1.54) is 283 Å². The molecule has 0 aromatic heterocycles. The van der Waals surface area contributed by atoms with Crippen molar-refractivity contribution in [2.24, 2.45) is 0 Å². The fraction of sp³-hybridized carbons (Fsp3) is 0.908. The van der Waals surface area contributed by atoms with Crippen molar-refractivity contribution >= 4 is 11.9 Å². The molecule has 0 aromatic rings. The van der Waals surface area contributed by atoms with Crippen LogP contribution in [0.1, 0.15) is 354 Å². The van der Waals surface area contributed by atoms with Crippen LogP contribution in [-0.4, -0.2) is 47.4 Å². The van der Waals surface area contributed by atoms with Crippen molar-refractivity contribution < 1.29 is 24.5 Å². The minimum Gasteiger partial charge on any atom is -0.466 e. The summed E-state index contributed by atoms with van der Waals surface area (Å²) in [6.45, 7) is 4.91. The molecule has 0 saturated carbocycles. The van der Waals surface area contributed by atoms with E-state index in [2.05, 4.69) is 31.3 Å². The Hall–Kier alpha value is -1.66. The highest BCUT2D eigenvalue weighted by Gasteiger charge is 2.18. The van der Waals surface area contributed by atoms with Gasteiger partial charge in [0.05, 0.1) is 25.4 Å². The molecule has 3 N–H and O–H groups in total. The summed E-state index contributed by atoms with van der Waals surface area (Å²) in [4.78, 5) is 24.5. The van der Waals surface area contributed by atoms with Crippen LogP contribution in [0.15, 0.2) is 24.3 Å². The van der Waals surface area contributed by atoms with Crippen LogP contribution in [0.25, 0.3) is 0 Å². The fourth-order valence-corrected chi connectivity index (χ4v) is 10.0. The number of aliphatic hydroxyl groups is 2. The molecule has 0 aliphatic heterocycles. The molecule has 0 heterocycles. The molecule has 6 heteroatoms. The van der Waals surface area contributed by atoms with Crippen LogP contribution >= 0.6 is 0 Å². The molecule has 2 atom stereocenters. The summed E-state index contributed by atoms with van der Waals surface area (Å²) < 4.78 is 5.48. The van der Waals surface area contributed by atoms with Gasteiger partial charge in [0.15, 0.2) is 0 Å². The first-order valence-corrected chi connectivity index (χ1v) is 32.1. The number of rotatable bonds is 60. The van der Waals surface area contributed by atoms with E-state index in [1.54, 1.807) is 6.08 Å². The van der Waals surface area contributed by atoms with Crippen molar-refractivity contribution in [1.29, 1.82) is 0 Å². The van der Waals surface area contributed by atoms with Crippen LogP contribution in [0, 0.1) is 0 Å². The van der Waals surface area contributed by atoms with Crippen molar-refractivity contribution in [3.63, 3.8) is 0 Å². The van der Waals surface area contributed by atoms with Gasteiger partial charge >= 0.3 is 5.97 Å². The lowest BCUT2D eigenvalue weighted by molar-refractivity contribution is -0.143. The number of allylic oxidation sites excluding steroid dienone is 3. The Morgan fingerprint density at radius 1 is 0.380 bits per heavy atom. The molecule has 1 amide bonds. The summed E-state index contributed by atoms with van der Waals surface area (Å²) in [7, 11) is 0. The highest BCUT2D eigenvalue weighted by atomic mass is 16.5. The SMILES string of the molecule is CCCCCCC/C=C\CCCCCCCC(=O)OCCCCCCCCCCCCCCCCCCCCCCCCCCC(=O)NC(CO)C(O)/C=C/CCCCCCCCCCCCCCCC. The summed E-state index contributed by atoms with van der Waals surface area (Å²) >= 11 is 0. The van der Waals surface area contributed by atoms with Gasteiger partial charge in [0, 0.05) is 12.8 Å². The molecule has 2 unspecified atom stereocenters. The van der Waals surface area contributed by atoms with E-state index >= 15 is 0 Å². The zero-order valence-corrected chi connectivity index (χ0v) is 48.0. The highest BCUT2D eigenvalue weighted by molar-refractivity contribution is 5.76. The minimum atomic E-state index is -0.843. The molecule has 0 spiro atoms. The molecular weight excluding hydrogens is 875 g/mol. The van der Waals surface area contributed by atoms with Gasteiger partial charge < -0.3 is 20.3 Å². The van der Waals surface area contributed by atoms with Gasteiger partial charge in [-0.1, -0.05) is 308 Å². The number of nitrogens with one attached hydrogen (secondary N) is 1. The lowest BCUT2D eigenvalue weighted by Gasteiger charge is -2.20.